The highest BCUT2D eigenvalue weighted by atomic mass is 35.5. The van der Waals surface area contributed by atoms with Gasteiger partial charge in [0.2, 0.25) is 5.91 Å². The first-order chi connectivity index (χ1) is 15.0. The van der Waals surface area contributed by atoms with Crippen molar-refractivity contribution >= 4 is 29.1 Å². The third kappa shape index (κ3) is 5.88. The van der Waals surface area contributed by atoms with Gasteiger partial charge in [0.25, 0.3) is 5.91 Å². The van der Waals surface area contributed by atoms with Gasteiger partial charge < -0.3 is 10.2 Å². The molecule has 0 saturated carbocycles. The Kier molecular flexibility index (Phi) is 8.53. The molecule has 0 bridgehead atoms. The minimum atomic E-state index is -0.0969. The second-order valence-corrected chi connectivity index (χ2v) is 8.85. The number of amides is 2. The van der Waals surface area contributed by atoms with Gasteiger partial charge in [-0.15, -0.1) is 0 Å². The van der Waals surface area contributed by atoms with Crippen LogP contribution >= 0.6 is 11.6 Å². The summed E-state index contributed by atoms with van der Waals surface area (Å²) in [6, 6.07) is 14.8. The number of hydrogen-bond donors (Lipinski definition) is 1. The molecule has 3 rings (SSSR count). The largest absolute Gasteiger partial charge is 0.356 e. The lowest BCUT2D eigenvalue weighted by atomic mass is 9.92. The maximum atomic E-state index is 13.3. The van der Waals surface area contributed by atoms with Gasteiger partial charge >= 0.3 is 0 Å². The lowest BCUT2D eigenvalue weighted by Crippen LogP contribution is -2.38. The van der Waals surface area contributed by atoms with E-state index in [9.17, 15) is 9.59 Å². The predicted octanol–water partition coefficient (Wildman–Crippen LogP) is 6.34. The minimum absolute atomic E-state index is 0.0167. The highest BCUT2D eigenvalue weighted by molar-refractivity contribution is 6.30. The van der Waals surface area contributed by atoms with E-state index >= 15 is 0 Å². The molecule has 0 radical (unpaired) electrons. The maximum Gasteiger partial charge on any atom is 0.258 e. The van der Waals surface area contributed by atoms with E-state index in [2.05, 4.69) is 12.2 Å². The smallest absolute Gasteiger partial charge is 0.258 e. The summed E-state index contributed by atoms with van der Waals surface area (Å²) < 4.78 is 0. The number of hydrogen-bond acceptors (Lipinski definition) is 2. The van der Waals surface area contributed by atoms with Crippen LogP contribution < -0.4 is 10.2 Å². The van der Waals surface area contributed by atoms with Crippen LogP contribution in [0.5, 0.6) is 0 Å². The van der Waals surface area contributed by atoms with Crippen molar-refractivity contribution in [3.05, 3.63) is 64.7 Å². The molecule has 0 unspecified atom stereocenters. The Hall–Kier alpha value is -2.33. The van der Waals surface area contributed by atoms with Crippen LogP contribution in [-0.2, 0) is 4.79 Å². The van der Waals surface area contributed by atoms with Crippen LogP contribution in [-0.4, -0.2) is 24.4 Å². The second-order valence-electron chi connectivity index (χ2n) is 8.41. The third-order valence-electron chi connectivity index (χ3n) is 6.15. The van der Waals surface area contributed by atoms with E-state index in [1.165, 1.54) is 25.7 Å². The molecule has 2 aromatic carbocycles. The van der Waals surface area contributed by atoms with Gasteiger partial charge in [-0.1, -0.05) is 68.8 Å². The first-order valence-corrected chi connectivity index (χ1v) is 11.9. The number of nitrogens with zero attached hydrogens (tertiary/aromatic N) is 1. The first-order valence-electron chi connectivity index (χ1n) is 11.5. The van der Waals surface area contributed by atoms with Crippen molar-refractivity contribution in [2.45, 2.75) is 70.8 Å². The molecule has 2 atom stereocenters. The Bertz CT molecular complexity index is 881. The highest BCUT2D eigenvalue weighted by Gasteiger charge is 2.39. The van der Waals surface area contributed by atoms with E-state index in [1.807, 2.05) is 36.1 Å². The quantitative estimate of drug-likeness (QED) is 0.438. The van der Waals surface area contributed by atoms with Crippen molar-refractivity contribution in [3.8, 4) is 0 Å². The first kappa shape index (κ1) is 23.3. The molecule has 2 amide bonds. The molecular formula is C26H33ClN2O2. The zero-order chi connectivity index (χ0) is 22.2. The van der Waals surface area contributed by atoms with Gasteiger partial charge in [-0.3, -0.25) is 9.59 Å². The molecule has 2 aromatic rings. The van der Waals surface area contributed by atoms with Gasteiger partial charge in [0, 0.05) is 41.2 Å². The monoisotopic (exact) mass is 440 g/mol. The number of carbonyl (C=O) groups excluding carboxylic acids is 2. The van der Waals surface area contributed by atoms with Gasteiger partial charge in [-0.2, -0.15) is 0 Å². The number of halogens is 1. The average molecular weight is 441 g/mol. The summed E-state index contributed by atoms with van der Waals surface area (Å²) in [5.41, 5.74) is 2.55. The fourth-order valence-electron chi connectivity index (χ4n) is 4.39. The molecule has 5 heteroatoms. The molecule has 0 spiro atoms. The normalized spacial score (nSPS) is 17.5. The van der Waals surface area contributed by atoms with Gasteiger partial charge in [-0.05, 0) is 49.2 Å². The van der Waals surface area contributed by atoms with Gasteiger partial charge in [0.1, 0.15) is 0 Å². The van der Waals surface area contributed by atoms with Crippen molar-refractivity contribution in [2.75, 3.05) is 11.4 Å². The van der Waals surface area contributed by atoms with Crippen LogP contribution in [0.3, 0.4) is 0 Å². The van der Waals surface area contributed by atoms with Crippen LogP contribution in [0.25, 0.3) is 0 Å². The molecule has 0 aromatic heterocycles. The standard InChI is InChI=1S/C26H33ClN2O2/c1-3-4-5-6-7-10-17-28-25(30)18-23-19(2)29(24-12-9-8-11-22(23)24)26(31)20-13-15-21(27)16-14-20/h8-9,11-16,19,23H,3-7,10,17-18H2,1-2H3,(H,28,30)/t19-,23-/m1/s1. The fourth-order valence-corrected chi connectivity index (χ4v) is 4.52. The summed E-state index contributed by atoms with van der Waals surface area (Å²) in [5, 5.41) is 3.68. The average Bonchev–Trinajstić information content (AvgIpc) is 3.04. The number of anilines is 1. The Morgan fingerprint density at radius 3 is 2.39 bits per heavy atom. The molecule has 4 nitrogen and oxygen atoms in total. The summed E-state index contributed by atoms with van der Waals surface area (Å²) in [6.07, 6.45) is 7.61. The van der Waals surface area contributed by atoms with E-state index < -0.39 is 0 Å². The molecule has 166 valence electrons. The number of para-hydroxylation sites is 1. The Morgan fingerprint density at radius 1 is 0.968 bits per heavy atom. The highest BCUT2D eigenvalue weighted by Crippen LogP contribution is 2.43. The van der Waals surface area contributed by atoms with Crippen molar-refractivity contribution < 1.29 is 9.59 Å². The van der Waals surface area contributed by atoms with Crippen LogP contribution in [0.4, 0.5) is 5.69 Å². The minimum Gasteiger partial charge on any atom is -0.356 e. The maximum absolute atomic E-state index is 13.3. The van der Waals surface area contributed by atoms with Crippen LogP contribution in [0, 0.1) is 0 Å². The predicted molar refractivity (Wildman–Crippen MR) is 128 cm³/mol. The van der Waals surface area contributed by atoms with Crippen molar-refractivity contribution in [3.63, 3.8) is 0 Å². The molecule has 1 heterocycles. The van der Waals surface area contributed by atoms with Crippen LogP contribution in [0.2, 0.25) is 5.02 Å². The van der Waals surface area contributed by atoms with Gasteiger partial charge in [-0.25, -0.2) is 0 Å². The molecule has 31 heavy (non-hydrogen) atoms. The van der Waals surface area contributed by atoms with E-state index in [0.717, 1.165) is 30.6 Å². The number of carbonyl (C=O) groups is 2. The Morgan fingerprint density at radius 2 is 1.65 bits per heavy atom. The lowest BCUT2D eigenvalue weighted by molar-refractivity contribution is -0.121. The molecular weight excluding hydrogens is 408 g/mol. The molecule has 0 fully saturated rings. The van der Waals surface area contributed by atoms with Crippen molar-refractivity contribution in [1.82, 2.24) is 5.32 Å². The summed E-state index contributed by atoms with van der Waals surface area (Å²) in [5.74, 6) is -0.0235. The van der Waals surface area contributed by atoms with E-state index in [0.29, 0.717) is 17.0 Å². The van der Waals surface area contributed by atoms with Gasteiger partial charge in [0.15, 0.2) is 0 Å². The lowest BCUT2D eigenvalue weighted by Gasteiger charge is -2.25. The zero-order valence-electron chi connectivity index (χ0n) is 18.6. The Labute approximate surface area is 191 Å². The molecule has 1 N–H and O–H groups in total. The molecule has 0 aliphatic carbocycles. The Balaban J connectivity index is 1.62. The number of rotatable bonds is 10. The van der Waals surface area contributed by atoms with E-state index in [1.54, 1.807) is 24.3 Å². The topological polar surface area (TPSA) is 49.4 Å². The van der Waals surface area contributed by atoms with Crippen LogP contribution in [0.1, 0.15) is 80.6 Å². The zero-order valence-corrected chi connectivity index (χ0v) is 19.3. The molecule has 0 saturated heterocycles. The molecule has 1 aliphatic heterocycles. The third-order valence-corrected chi connectivity index (χ3v) is 6.41. The number of nitrogens with one attached hydrogen (secondary N) is 1. The number of benzene rings is 2. The molecule has 1 aliphatic rings. The summed E-state index contributed by atoms with van der Waals surface area (Å²) in [6.45, 7) is 4.97. The van der Waals surface area contributed by atoms with Crippen molar-refractivity contribution in [2.24, 2.45) is 0 Å². The number of unbranched alkanes of at least 4 members (excludes halogenated alkanes) is 5. The van der Waals surface area contributed by atoms with Crippen LogP contribution in [0.15, 0.2) is 48.5 Å². The summed E-state index contributed by atoms with van der Waals surface area (Å²) >= 11 is 5.98. The number of fused-ring (bicyclic) bond motifs is 1. The SMILES string of the molecule is CCCCCCCCNC(=O)C[C@H]1c2ccccc2N(C(=O)c2ccc(Cl)cc2)[C@@H]1C. The van der Waals surface area contributed by atoms with E-state index in [-0.39, 0.29) is 23.8 Å². The fraction of sp³-hybridized carbons (Fsp3) is 0.462. The summed E-state index contributed by atoms with van der Waals surface area (Å²) in [7, 11) is 0. The van der Waals surface area contributed by atoms with E-state index in [4.69, 9.17) is 11.6 Å². The second kappa shape index (κ2) is 11.3. The van der Waals surface area contributed by atoms with Gasteiger partial charge in [0.05, 0.1) is 0 Å². The summed E-state index contributed by atoms with van der Waals surface area (Å²) in [4.78, 5) is 27.7. The van der Waals surface area contributed by atoms with Crippen molar-refractivity contribution in [1.29, 1.82) is 0 Å².